The van der Waals surface area contributed by atoms with Crippen molar-refractivity contribution in [1.82, 2.24) is 30.8 Å². The molecule has 3 saturated carbocycles. The third kappa shape index (κ3) is 4.87. The maximum absolute atomic E-state index is 10.4. The normalized spacial score (nSPS) is 31.2. The Morgan fingerprint density at radius 1 is 0.721 bits per heavy atom. The molecule has 0 bridgehead atoms. The van der Waals surface area contributed by atoms with E-state index >= 15 is 0 Å². The Morgan fingerprint density at radius 3 is 1.98 bits per heavy atom. The van der Waals surface area contributed by atoms with Gasteiger partial charge in [-0.1, -0.05) is 79.9 Å². The molecular formula is C35H40N8. The van der Waals surface area contributed by atoms with Gasteiger partial charge in [-0.25, -0.2) is 4.68 Å². The van der Waals surface area contributed by atoms with Crippen LogP contribution in [0.2, 0.25) is 0 Å². The second-order valence-electron chi connectivity index (χ2n) is 13.2. The van der Waals surface area contributed by atoms with E-state index in [4.69, 9.17) is 5.10 Å². The molecule has 2 N–H and O–H groups in total. The van der Waals surface area contributed by atoms with Crippen molar-refractivity contribution in [2.75, 3.05) is 0 Å². The maximum Gasteiger partial charge on any atom is 0.177 e. The number of rotatable bonds is 4. The van der Waals surface area contributed by atoms with Crippen molar-refractivity contribution >= 4 is 0 Å². The zero-order valence-corrected chi connectivity index (χ0v) is 24.8. The van der Waals surface area contributed by atoms with Crippen LogP contribution in [0.15, 0.2) is 72.1 Å². The molecular weight excluding hydrogens is 532 g/mol. The molecule has 1 aromatic heterocycles. The van der Waals surface area contributed by atoms with E-state index in [0.29, 0.717) is 23.2 Å². The van der Waals surface area contributed by atoms with Crippen molar-refractivity contribution in [3.8, 4) is 12.1 Å². The lowest BCUT2D eigenvalue weighted by molar-refractivity contribution is 0.0224. The van der Waals surface area contributed by atoms with Crippen molar-refractivity contribution < 1.29 is 0 Å². The molecule has 220 valence electrons. The summed E-state index contributed by atoms with van der Waals surface area (Å²) in [6.07, 6.45) is 12.3. The van der Waals surface area contributed by atoms with Gasteiger partial charge in [-0.15, -0.1) is 5.10 Å². The number of nitrogens with zero attached hydrogens (tertiary/aromatic N) is 6. The van der Waals surface area contributed by atoms with E-state index in [0.717, 1.165) is 63.6 Å². The summed E-state index contributed by atoms with van der Waals surface area (Å²) >= 11 is 0. The fourth-order valence-corrected chi connectivity index (χ4v) is 8.95. The lowest BCUT2D eigenvalue weighted by Gasteiger charge is -2.55. The Morgan fingerprint density at radius 2 is 1.33 bits per heavy atom. The molecule has 0 radical (unpaired) electrons. The van der Waals surface area contributed by atoms with Crippen molar-refractivity contribution in [1.29, 1.82) is 10.5 Å². The number of nitrogens with one attached hydrogen (secondary N) is 2. The van der Waals surface area contributed by atoms with E-state index in [-0.39, 0.29) is 17.5 Å². The quantitative estimate of drug-likeness (QED) is 0.366. The van der Waals surface area contributed by atoms with Crippen molar-refractivity contribution in [2.45, 2.75) is 106 Å². The van der Waals surface area contributed by atoms with Gasteiger partial charge < -0.3 is 10.6 Å². The van der Waals surface area contributed by atoms with Crippen LogP contribution in [0.4, 0.5) is 0 Å². The molecule has 3 aliphatic carbocycles. The SMILES string of the molecule is N#CC1=C(C#N)NC2(c3nnnn3C3CCCCC3)CCC(c3ccccc3)CC2C2(CCC(c3ccccc3)CC2)N1. The largest absolute Gasteiger partial charge is 0.368 e. The predicted octanol–water partition coefficient (Wildman–Crippen LogP) is 6.51. The Bertz CT molecular complexity index is 1530. The second kappa shape index (κ2) is 11.5. The molecule has 2 aromatic carbocycles. The number of hydrogen-bond donors (Lipinski definition) is 2. The summed E-state index contributed by atoms with van der Waals surface area (Å²) < 4.78 is 2.09. The average molecular weight is 573 g/mol. The standard InChI is InChI=1S/C35H40N8/c36-23-30-31(24-37)39-35(33-40-41-42-43(33)29-14-8-3-9-15-29)21-18-28(26-12-6-2-7-13-26)22-32(35)34(38-30)19-16-27(17-20-34)25-10-4-1-5-11-25/h1-2,4-7,10-13,27-29,32,38-39H,3,8-9,14-22H2. The molecule has 3 unspecified atom stereocenters. The highest BCUT2D eigenvalue weighted by Crippen LogP contribution is 2.57. The second-order valence-corrected chi connectivity index (χ2v) is 13.2. The maximum atomic E-state index is 10.4. The summed E-state index contributed by atoms with van der Waals surface area (Å²) in [5, 5.41) is 42.0. The van der Waals surface area contributed by atoms with Crippen LogP contribution >= 0.6 is 0 Å². The van der Waals surface area contributed by atoms with Gasteiger partial charge in [-0.2, -0.15) is 10.5 Å². The monoisotopic (exact) mass is 572 g/mol. The number of hydrogen-bond acceptors (Lipinski definition) is 7. The third-order valence-corrected chi connectivity index (χ3v) is 11.1. The summed E-state index contributed by atoms with van der Waals surface area (Å²) in [5.74, 6) is 1.76. The van der Waals surface area contributed by atoms with Crippen LogP contribution < -0.4 is 10.6 Å². The minimum absolute atomic E-state index is 0.0678. The van der Waals surface area contributed by atoms with Gasteiger partial charge in [-0.05, 0) is 91.2 Å². The van der Waals surface area contributed by atoms with Crippen LogP contribution in [0.5, 0.6) is 0 Å². The molecule has 2 heterocycles. The number of fused-ring (bicyclic) bond motifs is 2. The zero-order chi connectivity index (χ0) is 29.3. The van der Waals surface area contributed by atoms with Crippen LogP contribution in [0.25, 0.3) is 0 Å². The first-order valence-electron chi connectivity index (χ1n) is 16.1. The average Bonchev–Trinajstić information content (AvgIpc) is 3.55. The van der Waals surface area contributed by atoms with Gasteiger partial charge in [0.05, 0.1) is 6.04 Å². The highest BCUT2D eigenvalue weighted by atomic mass is 15.6. The molecule has 8 nitrogen and oxygen atoms in total. The van der Waals surface area contributed by atoms with Crippen LogP contribution in [0, 0.1) is 28.6 Å². The molecule has 4 aliphatic rings. The first kappa shape index (κ1) is 27.7. The van der Waals surface area contributed by atoms with E-state index in [1.165, 1.54) is 30.4 Å². The Kier molecular flexibility index (Phi) is 7.39. The summed E-state index contributed by atoms with van der Waals surface area (Å²) in [6, 6.07) is 26.7. The van der Waals surface area contributed by atoms with Gasteiger partial charge in [0.25, 0.3) is 0 Å². The van der Waals surface area contributed by atoms with Crippen LogP contribution in [-0.2, 0) is 5.54 Å². The van der Waals surface area contributed by atoms with E-state index in [1.54, 1.807) is 0 Å². The summed E-state index contributed by atoms with van der Waals surface area (Å²) in [4.78, 5) is 0. The van der Waals surface area contributed by atoms with Gasteiger partial charge >= 0.3 is 0 Å². The van der Waals surface area contributed by atoms with Gasteiger partial charge in [-0.3, -0.25) is 0 Å². The first-order chi connectivity index (χ1) is 21.2. The van der Waals surface area contributed by atoms with Crippen LogP contribution in [0.1, 0.15) is 112 Å². The van der Waals surface area contributed by atoms with Crippen molar-refractivity contribution in [3.05, 3.63) is 89.0 Å². The molecule has 43 heavy (non-hydrogen) atoms. The minimum Gasteiger partial charge on any atom is -0.368 e. The van der Waals surface area contributed by atoms with Gasteiger partial charge in [0.1, 0.15) is 29.1 Å². The van der Waals surface area contributed by atoms with E-state index in [1.807, 2.05) is 0 Å². The first-order valence-corrected chi connectivity index (χ1v) is 16.1. The molecule has 3 aromatic rings. The topological polar surface area (TPSA) is 115 Å². The Balaban J connectivity index is 1.36. The van der Waals surface area contributed by atoms with Crippen molar-refractivity contribution in [2.24, 2.45) is 5.92 Å². The molecule has 0 saturated heterocycles. The van der Waals surface area contributed by atoms with Gasteiger partial charge in [0.2, 0.25) is 0 Å². The lowest BCUT2D eigenvalue weighted by atomic mass is 9.55. The van der Waals surface area contributed by atoms with E-state index in [9.17, 15) is 10.5 Å². The molecule has 3 fully saturated rings. The van der Waals surface area contributed by atoms with E-state index in [2.05, 4.69) is 98.5 Å². The van der Waals surface area contributed by atoms with Crippen LogP contribution in [-0.4, -0.2) is 25.7 Å². The fraction of sp³-hybridized carbons (Fsp3) is 0.514. The molecule has 7 rings (SSSR count). The number of tetrazole rings is 1. The van der Waals surface area contributed by atoms with E-state index < -0.39 is 5.54 Å². The highest BCUT2D eigenvalue weighted by Gasteiger charge is 2.60. The van der Waals surface area contributed by atoms with Gasteiger partial charge in [0.15, 0.2) is 5.82 Å². The summed E-state index contributed by atoms with van der Waals surface area (Å²) in [6.45, 7) is 0. The summed E-state index contributed by atoms with van der Waals surface area (Å²) in [5.41, 5.74) is 2.36. The number of aromatic nitrogens is 4. The Labute approximate surface area is 254 Å². The number of nitriles is 2. The fourth-order valence-electron chi connectivity index (χ4n) is 8.95. The smallest absolute Gasteiger partial charge is 0.177 e. The zero-order valence-electron chi connectivity index (χ0n) is 24.8. The van der Waals surface area contributed by atoms with Crippen molar-refractivity contribution in [3.63, 3.8) is 0 Å². The van der Waals surface area contributed by atoms with Crippen LogP contribution in [0.3, 0.4) is 0 Å². The molecule has 3 atom stereocenters. The number of allylic oxidation sites excluding steroid dienone is 2. The molecule has 1 spiro atoms. The number of benzene rings is 2. The highest BCUT2D eigenvalue weighted by molar-refractivity contribution is 5.41. The molecule has 8 heteroatoms. The lowest BCUT2D eigenvalue weighted by Crippen LogP contribution is -2.63. The summed E-state index contributed by atoms with van der Waals surface area (Å²) in [7, 11) is 0. The third-order valence-electron chi connectivity index (χ3n) is 11.1. The molecule has 1 aliphatic heterocycles. The van der Waals surface area contributed by atoms with Gasteiger partial charge in [0, 0.05) is 11.5 Å². The predicted molar refractivity (Wildman–Crippen MR) is 163 cm³/mol. The molecule has 0 amide bonds. The minimum atomic E-state index is -0.664. The Hall–Kier alpha value is -4.17.